The zero-order chi connectivity index (χ0) is 13.8. The first-order chi connectivity index (χ1) is 8.41. The van der Waals surface area contributed by atoms with Gasteiger partial charge in [-0.1, -0.05) is 30.3 Å². The van der Waals surface area contributed by atoms with Crippen LogP contribution < -0.4 is 5.30 Å². The van der Waals surface area contributed by atoms with Crippen molar-refractivity contribution in [1.82, 2.24) is 4.08 Å². The van der Waals surface area contributed by atoms with Gasteiger partial charge in [0.2, 0.25) is 0 Å². The maximum atomic E-state index is 6.14. The lowest BCUT2D eigenvalue weighted by molar-refractivity contribution is 0.257. The third-order valence-electron chi connectivity index (χ3n) is 2.21. The summed E-state index contributed by atoms with van der Waals surface area (Å²) in [4.78, 5) is 0. The topological polar surface area (TPSA) is 12.5 Å². The predicted octanol–water partition coefficient (Wildman–Crippen LogP) is 4.71. The van der Waals surface area contributed by atoms with E-state index in [1.54, 1.807) is 0 Å². The van der Waals surface area contributed by atoms with Gasteiger partial charge in [0.25, 0.3) is 0 Å². The maximum Gasteiger partial charge on any atom is 0.172 e. The molecule has 0 saturated heterocycles. The van der Waals surface area contributed by atoms with Gasteiger partial charge in [-0.05, 0) is 39.5 Å². The van der Waals surface area contributed by atoms with Crippen LogP contribution in [0, 0.1) is 0 Å². The molecule has 0 aliphatic rings. The molecule has 1 unspecified atom stereocenters. The molecule has 18 heavy (non-hydrogen) atoms. The smallest absolute Gasteiger partial charge is 0.172 e. The van der Waals surface area contributed by atoms with Crippen LogP contribution in [0.25, 0.3) is 0 Å². The first-order valence-corrected chi connectivity index (χ1v) is 11.1. The molecule has 0 N–H and O–H groups in total. The second-order valence-corrected chi connectivity index (χ2v) is 9.83. The molecule has 0 saturated carbocycles. The van der Waals surface area contributed by atoms with E-state index in [1.165, 1.54) is 10.4 Å². The zero-order valence-electron chi connectivity index (χ0n) is 11.0. The minimum absolute atomic E-state index is 0.108. The van der Waals surface area contributed by atoms with Crippen LogP contribution in [0.4, 0.5) is 0 Å². The quantitative estimate of drug-likeness (QED) is 0.532. The van der Waals surface area contributed by atoms with Gasteiger partial charge in [-0.15, -0.1) is 0 Å². The normalized spacial score (nSPS) is 15.3. The Kier molecular flexibility index (Phi) is 6.87. The summed E-state index contributed by atoms with van der Waals surface area (Å²) in [5.41, 5.74) is 0. The lowest BCUT2D eigenvalue weighted by Gasteiger charge is -2.36. The molecular formula is C12H19BrNOPS2. The van der Waals surface area contributed by atoms with E-state index in [4.69, 9.17) is 16.3 Å². The molecule has 0 aliphatic carbocycles. The maximum absolute atomic E-state index is 6.14. The fraction of sp³-hybridized carbons (Fsp3) is 0.500. The first kappa shape index (κ1) is 16.7. The fourth-order valence-electron chi connectivity index (χ4n) is 1.55. The highest BCUT2D eigenvalue weighted by Gasteiger charge is 2.32. The first-order valence-electron chi connectivity index (χ1n) is 5.84. The number of hydrogen-bond donors (Lipinski definition) is 0. The van der Waals surface area contributed by atoms with Crippen LogP contribution in [0.1, 0.15) is 27.7 Å². The van der Waals surface area contributed by atoms with Crippen molar-refractivity contribution in [3.8, 4) is 0 Å². The van der Waals surface area contributed by atoms with Gasteiger partial charge in [-0.2, -0.15) is 4.08 Å². The van der Waals surface area contributed by atoms with Crippen LogP contribution in [0.2, 0.25) is 0 Å². The lowest BCUT2D eigenvalue weighted by Crippen LogP contribution is -2.28. The van der Waals surface area contributed by atoms with Crippen LogP contribution in [-0.2, 0) is 16.3 Å². The van der Waals surface area contributed by atoms with Crippen molar-refractivity contribution in [3.63, 3.8) is 0 Å². The molecule has 0 bridgehead atoms. The van der Waals surface area contributed by atoms with Gasteiger partial charge in [-0.3, -0.25) is 0 Å². The average molecular weight is 368 g/mol. The molecule has 1 rings (SSSR count). The Morgan fingerprint density at radius 1 is 1.22 bits per heavy atom. The van der Waals surface area contributed by atoms with Crippen LogP contribution >= 0.6 is 31.6 Å². The van der Waals surface area contributed by atoms with Crippen molar-refractivity contribution in [1.29, 1.82) is 0 Å². The standard InChI is InChI=1S/C12H19BrNOPS2/c1-10(2)14(18-13)16(17,15-11(3)4)12-8-6-5-7-9-12/h5-11H,1-4H3. The van der Waals surface area contributed by atoms with Crippen molar-refractivity contribution in [2.24, 2.45) is 0 Å². The molecule has 0 aromatic heterocycles. The van der Waals surface area contributed by atoms with Crippen LogP contribution in [0.3, 0.4) is 0 Å². The summed E-state index contributed by atoms with van der Waals surface area (Å²) < 4.78 is 8.29. The molecule has 2 nitrogen and oxygen atoms in total. The minimum atomic E-state index is -2.21. The molecule has 0 aliphatic heterocycles. The molecule has 0 amide bonds. The van der Waals surface area contributed by atoms with Gasteiger partial charge in [-0.25, -0.2) is 0 Å². The molecule has 0 heterocycles. The Morgan fingerprint density at radius 2 is 1.78 bits per heavy atom. The highest BCUT2D eigenvalue weighted by Crippen LogP contribution is 2.57. The summed E-state index contributed by atoms with van der Waals surface area (Å²) in [7, 11) is 1.49. The van der Waals surface area contributed by atoms with E-state index in [0.29, 0.717) is 6.04 Å². The molecule has 0 spiro atoms. The number of rotatable bonds is 6. The molecule has 0 radical (unpaired) electrons. The minimum Gasteiger partial charge on any atom is -0.331 e. The molecule has 102 valence electrons. The van der Waals surface area contributed by atoms with E-state index in [2.05, 4.69) is 44.9 Å². The van der Waals surface area contributed by atoms with Crippen molar-refractivity contribution in [2.75, 3.05) is 0 Å². The number of halogens is 1. The molecule has 6 heteroatoms. The Labute approximate surface area is 127 Å². The molecule has 1 aromatic rings. The summed E-state index contributed by atoms with van der Waals surface area (Å²) in [5.74, 6) is 0. The van der Waals surface area contributed by atoms with Crippen molar-refractivity contribution >= 4 is 48.7 Å². The second-order valence-electron chi connectivity index (χ2n) is 4.48. The van der Waals surface area contributed by atoms with E-state index in [-0.39, 0.29) is 6.10 Å². The molecular weight excluding hydrogens is 349 g/mol. The SMILES string of the molecule is CC(C)OP(=S)(c1ccccc1)N(SBr)C(C)C. The summed E-state index contributed by atoms with van der Waals surface area (Å²) in [6.07, 6.45) is -2.10. The molecule has 1 atom stereocenters. The van der Waals surface area contributed by atoms with Crippen molar-refractivity contribution in [3.05, 3.63) is 30.3 Å². The van der Waals surface area contributed by atoms with E-state index in [9.17, 15) is 0 Å². The monoisotopic (exact) mass is 367 g/mol. The Hall–Kier alpha value is 0.620. The largest absolute Gasteiger partial charge is 0.331 e. The van der Waals surface area contributed by atoms with Gasteiger partial charge >= 0.3 is 0 Å². The zero-order valence-corrected chi connectivity index (χ0v) is 15.2. The van der Waals surface area contributed by atoms with Crippen molar-refractivity contribution < 1.29 is 4.52 Å². The number of benzene rings is 1. The number of hydrogen-bond acceptors (Lipinski definition) is 3. The number of nitrogens with zero attached hydrogens (tertiary/aromatic N) is 1. The fourth-order valence-corrected chi connectivity index (χ4v) is 9.76. The van der Waals surface area contributed by atoms with E-state index in [1.807, 2.05) is 32.0 Å². The Balaban J connectivity index is 3.22. The lowest BCUT2D eigenvalue weighted by atomic mass is 10.4. The van der Waals surface area contributed by atoms with Gasteiger partial charge in [0.15, 0.2) is 6.42 Å². The van der Waals surface area contributed by atoms with Gasteiger partial charge < -0.3 is 4.52 Å². The third kappa shape index (κ3) is 4.06. The summed E-state index contributed by atoms with van der Waals surface area (Å²) in [6, 6.07) is 10.4. The van der Waals surface area contributed by atoms with Gasteiger partial charge in [0, 0.05) is 36.5 Å². The summed E-state index contributed by atoms with van der Waals surface area (Å²) >= 11 is 9.37. The van der Waals surface area contributed by atoms with Crippen LogP contribution in [0.5, 0.6) is 0 Å². The Morgan fingerprint density at radius 3 is 2.17 bits per heavy atom. The van der Waals surface area contributed by atoms with Crippen molar-refractivity contribution in [2.45, 2.75) is 39.8 Å². The third-order valence-corrected chi connectivity index (χ3v) is 9.68. The average Bonchev–Trinajstić information content (AvgIpc) is 2.29. The van der Waals surface area contributed by atoms with Crippen LogP contribution in [0.15, 0.2) is 30.3 Å². The molecule has 1 aromatic carbocycles. The second kappa shape index (κ2) is 7.41. The van der Waals surface area contributed by atoms with Crippen LogP contribution in [-0.4, -0.2) is 16.2 Å². The highest BCUT2D eigenvalue weighted by molar-refractivity contribution is 9.50. The van der Waals surface area contributed by atoms with Gasteiger partial charge in [0.1, 0.15) is 0 Å². The van der Waals surface area contributed by atoms with E-state index >= 15 is 0 Å². The summed E-state index contributed by atoms with van der Waals surface area (Å²) in [5, 5.41) is 1.09. The highest BCUT2D eigenvalue weighted by atomic mass is 79.9. The summed E-state index contributed by atoms with van der Waals surface area (Å²) in [6.45, 7) is 8.31. The van der Waals surface area contributed by atoms with E-state index < -0.39 is 6.42 Å². The van der Waals surface area contributed by atoms with Gasteiger partial charge in [0.05, 0.1) is 6.10 Å². The Bertz CT molecular complexity index is 414. The van der Waals surface area contributed by atoms with E-state index in [0.717, 1.165) is 5.30 Å². The predicted molar refractivity (Wildman–Crippen MR) is 90.1 cm³/mol. The molecule has 0 fully saturated rings.